The molecule has 1 amide bonds. The maximum Gasteiger partial charge on any atom is 0.251 e. The first kappa shape index (κ1) is 20.0. The minimum Gasteiger partial charge on any atom is -0.350 e. The van der Waals surface area contributed by atoms with E-state index in [1.807, 2.05) is 18.2 Å². The van der Waals surface area contributed by atoms with Gasteiger partial charge >= 0.3 is 0 Å². The molecule has 0 aliphatic carbocycles. The van der Waals surface area contributed by atoms with Crippen LogP contribution in [0.2, 0.25) is 0 Å². The molecule has 2 rings (SSSR count). The summed E-state index contributed by atoms with van der Waals surface area (Å²) < 4.78 is 25.7. The van der Waals surface area contributed by atoms with Crippen molar-refractivity contribution < 1.29 is 13.2 Å². The number of hydrogen-bond acceptors (Lipinski definition) is 3. The average molecular weight is 375 g/mol. The summed E-state index contributed by atoms with van der Waals surface area (Å²) in [4.78, 5) is 12.1. The number of carbonyl (C=O) groups is 1. The van der Waals surface area contributed by atoms with Crippen molar-refractivity contribution in [3.8, 4) is 0 Å². The van der Waals surface area contributed by atoms with Crippen LogP contribution in [0.5, 0.6) is 0 Å². The highest BCUT2D eigenvalue weighted by atomic mass is 32.2. The van der Waals surface area contributed by atoms with E-state index in [0.717, 1.165) is 5.56 Å². The fourth-order valence-corrected chi connectivity index (χ4v) is 3.50. The van der Waals surface area contributed by atoms with Crippen molar-refractivity contribution in [1.29, 1.82) is 0 Å². The van der Waals surface area contributed by atoms with Gasteiger partial charge in [-0.15, -0.1) is 0 Å². The highest BCUT2D eigenvalue weighted by molar-refractivity contribution is 7.92. The summed E-state index contributed by atoms with van der Waals surface area (Å²) in [5.41, 5.74) is 2.27. The molecule has 1 N–H and O–H groups in total. The second-order valence-corrected chi connectivity index (χ2v) is 9.16. The lowest BCUT2D eigenvalue weighted by atomic mass is 9.87. The van der Waals surface area contributed by atoms with Gasteiger partial charge in [0.25, 0.3) is 5.91 Å². The molecule has 2 aromatic rings. The third-order valence-corrected chi connectivity index (χ3v) is 5.25. The van der Waals surface area contributed by atoms with Crippen LogP contribution in [0.15, 0.2) is 54.6 Å². The normalized spacial score (nSPS) is 11.8. The summed E-state index contributed by atoms with van der Waals surface area (Å²) in [6.45, 7) is 6.72. The van der Waals surface area contributed by atoms with Crippen LogP contribution < -0.4 is 9.62 Å². The van der Waals surface area contributed by atoms with E-state index in [1.165, 1.54) is 10.6 Å². The fourth-order valence-electron chi connectivity index (χ4n) is 2.58. The predicted molar refractivity (Wildman–Crippen MR) is 106 cm³/mol. The maximum atomic E-state index is 12.2. The van der Waals surface area contributed by atoms with Crippen molar-refractivity contribution >= 4 is 21.6 Å². The summed E-state index contributed by atoms with van der Waals surface area (Å²) >= 11 is 0. The molecule has 26 heavy (non-hydrogen) atoms. The molecule has 0 spiro atoms. The van der Waals surface area contributed by atoms with Crippen molar-refractivity contribution in [2.75, 3.05) is 23.7 Å². The predicted octanol–water partition coefficient (Wildman–Crippen LogP) is 3.18. The quantitative estimate of drug-likeness (QED) is 0.844. The fraction of sp³-hybridized carbons (Fsp3) is 0.350. The van der Waals surface area contributed by atoms with Crippen LogP contribution in [0.25, 0.3) is 0 Å². The molecule has 0 fully saturated rings. The van der Waals surface area contributed by atoms with Crippen LogP contribution in [-0.2, 0) is 15.4 Å². The van der Waals surface area contributed by atoms with Crippen molar-refractivity contribution in [3.63, 3.8) is 0 Å². The number of sulfonamides is 1. The van der Waals surface area contributed by atoms with Crippen LogP contribution >= 0.6 is 0 Å². The molecule has 140 valence electrons. The summed E-state index contributed by atoms with van der Waals surface area (Å²) in [7, 11) is -3.45. The van der Waals surface area contributed by atoms with Gasteiger partial charge in [0.05, 0.1) is 18.5 Å². The molecule has 0 saturated carbocycles. The first-order valence-corrected chi connectivity index (χ1v) is 10.4. The Morgan fingerprint density at radius 3 is 2.08 bits per heavy atom. The van der Waals surface area contributed by atoms with E-state index in [-0.39, 0.29) is 24.4 Å². The first-order chi connectivity index (χ1) is 12.1. The molecular formula is C20H26N2O3S. The van der Waals surface area contributed by atoms with Gasteiger partial charge in [0.15, 0.2) is 0 Å². The van der Waals surface area contributed by atoms with Gasteiger partial charge in [-0.1, -0.05) is 51.1 Å². The van der Waals surface area contributed by atoms with E-state index < -0.39 is 10.0 Å². The SMILES string of the molecule is CC(C)(C)c1ccc(N(CCNC(=O)c2ccccc2)S(C)(=O)=O)cc1. The van der Waals surface area contributed by atoms with Gasteiger partial charge in [0.2, 0.25) is 10.0 Å². The van der Waals surface area contributed by atoms with Gasteiger partial charge in [0.1, 0.15) is 0 Å². The lowest BCUT2D eigenvalue weighted by Gasteiger charge is -2.24. The first-order valence-electron chi connectivity index (χ1n) is 8.50. The molecule has 0 aliphatic heterocycles. The molecule has 0 aromatic heterocycles. The number of nitrogens with zero attached hydrogens (tertiary/aromatic N) is 1. The maximum absolute atomic E-state index is 12.2. The van der Waals surface area contributed by atoms with Gasteiger partial charge < -0.3 is 5.32 Å². The zero-order valence-electron chi connectivity index (χ0n) is 15.7. The van der Waals surface area contributed by atoms with Crippen molar-refractivity contribution in [3.05, 3.63) is 65.7 Å². The zero-order valence-corrected chi connectivity index (χ0v) is 16.5. The van der Waals surface area contributed by atoms with Gasteiger partial charge in [0, 0.05) is 12.1 Å². The highest BCUT2D eigenvalue weighted by Crippen LogP contribution is 2.25. The Morgan fingerprint density at radius 2 is 1.58 bits per heavy atom. The van der Waals surface area contributed by atoms with Crippen molar-refractivity contribution in [2.45, 2.75) is 26.2 Å². The van der Waals surface area contributed by atoms with Gasteiger partial charge in [-0.05, 0) is 35.2 Å². The Bertz CT molecular complexity index is 839. The highest BCUT2D eigenvalue weighted by Gasteiger charge is 2.19. The minimum atomic E-state index is -3.45. The average Bonchev–Trinajstić information content (AvgIpc) is 2.57. The molecule has 0 saturated heterocycles. The van der Waals surface area contributed by atoms with Crippen molar-refractivity contribution in [2.24, 2.45) is 0 Å². The number of carbonyl (C=O) groups excluding carboxylic acids is 1. The van der Waals surface area contributed by atoms with E-state index in [2.05, 4.69) is 26.1 Å². The molecule has 6 heteroatoms. The smallest absolute Gasteiger partial charge is 0.251 e. The lowest BCUT2D eigenvalue weighted by Crippen LogP contribution is -2.38. The third-order valence-electron chi connectivity index (χ3n) is 4.06. The Morgan fingerprint density at radius 1 is 1.00 bits per heavy atom. The molecule has 0 aliphatic rings. The van der Waals surface area contributed by atoms with E-state index in [9.17, 15) is 13.2 Å². The molecule has 0 heterocycles. The summed E-state index contributed by atoms with van der Waals surface area (Å²) in [5, 5.41) is 2.76. The third kappa shape index (κ3) is 5.33. The molecular weight excluding hydrogens is 348 g/mol. The summed E-state index contributed by atoms with van der Waals surface area (Å²) in [6, 6.07) is 16.3. The van der Waals surface area contributed by atoms with Gasteiger partial charge in [-0.2, -0.15) is 0 Å². The monoisotopic (exact) mass is 374 g/mol. The largest absolute Gasteiger partial charge is 0.350 e. The minimum absolute atomic E-state index is 0.00188. The van der Waals surface area contributed by atoms with E-state index in [1.54, 1.807) is 36.4 Å². The molecule has 2 aromatic carbocycles. The Hall–Kier alpha value is -2.34. The lowest BCUT2D eigenvalue weighted by molar-refractivity contribution is 0.0955. The Kier molecular flexibility index (Phi) is 6.08. The zero-order chi connectivity index (χ0) is 19.4. The van der Waals surface area contributed by atoms with Crippen LogP contribution in [0, 0.1) is 0 Å². The van der Waals surface area contributed by atoms with Crippen LogP contribution in [0.4, 0.5) is 5.69 Å². The molecule has 0 unspecified atom stereocenters. The summed E-state index contributed by atoms with van der Waals surface area (Å²) in [6.07, 6.45) is 1.17. The second kappa shape index (κ2) is 7.91. The molecule has 5 nitrogen and oxygen atoms in total. The molecule has 0 radical (unpaired) electrons. The second-order valence-electron chi connectivity index (χ2n) is 7.25. The van der Waals surface area contributed by atoms with Gasteiger partial charge in [-0.3, -0.25) is 9.10 Å². The molecule has 0 atom stereocenters. The number of anilines is 1. The van der Waals surface area contributed by atoms with E-state index in [0.29, 0.717) is 11.3 Å². The van der Waals surface area contributed by atoms with Crippen molar-refractivity contribution in [1.82, 2.24) is 5.32 Å². The number of amides is 1. The number of nitrogens with one attached hydrogen (secondary N) is 1. The van der Waals surface area contributed by atoms with Crippen LogP contribution in [-0.4, -0.2) is 33.7 Å². The van der Waals surface area contributed by atoms with Crippen LogP contribution in [0.3, 0.4) is 0 Å². The topological polar surface area (TPSA) is 66.5 Å². The van der Waals surface area contributed by atoms with E-state index in [4.69, 9.17) is 0 Å². The number of hydrogen-bond donors (Lipinski definition) is 1. The Labute approximate surface area is 156 Å². The van der Waals surface area contributed by atoms with Crippen LogP contribution in [0.1, 0.15) is 36.7 Å². The Balaban J connectivity index is 2.08. The van der Waals surface area contributed by atoms with Gasteiger partial charge in [-0.25, -0.2) is 8.42 Å². The number of rotatable bonds is 6. The standard InChI is InChI=1S/C20H26N2O3S/c1-20(2,3)17-10-12-18(13-11-17)22(26(4,24)25)15-14-21-19(23)16-8-6-5-7-9-16/h5-13H,14-15H2,1-4H3,(H,21,23). The molecule has 0 bridgehead atoms. The number of benzene rings is 2. The van der Waals surface area contributed by atoms with E-state index >= 15 is 0 Å². The summed E-state index contributed by atoms with van der Waals surface area (Å²) in [5.74, 6) is -0.220.